The van der Waals surface area contributed by atoms with Gasteiger partial charge in [0, 0.05) is 12.8 Å². The third-order valence-electron chi connectivity index (χ3n) is 1.90. The number of carbonyl (C=O) groups is 1. The fraction of sp³-hybridized carbons (Fsp3) is 0.200. The van der Waals surface area contributed by atoms with E-state index in [4.69, 9.17) is 4.42 Å². The van der Waals surface area contributed by atoms with Gasteiger partial charge in [-0.15, -0.1) is 0 Å². The highest BCUT2D eigenvalue weighted by Crippen LogP contribution is 2.23. The molecule has 0 aliphatic carbocycles. The van der Waals surface area contributed by atoms with Gasteiger partial charge in [0.2, 0.25) is 5.91 Å². The highest BCUT2D eigenvalue weighted by molar-refractivity contribution is 9.11. The number of carbonyl (C=O) groups excluding carboxylic acids is 1. The number of hydrogen-bond acceptors (Lipinski definition) is 4. The molecule has 0 radical (unpaired) electrons. The SMILES string of the molecule is O=C(CCc1ccco1)Nc1ncc(Br)s1. The summed E-state index contributed by atoms with van der Waals surface area (Å²) in [7, 11) is 0. The Bertz CT molecular complexity index is 467. The van der Waals surface area contributed by atoms with Gasteiger partial charge >= 0.3 is 0 Å². The molecule has 0 saturated carbocycles. The van der Waals surface area contributed by atoms with Crippen molar-refractivity contribution in [2.75, 3.05) is 5.32 Å². The molecule has 0 aliphatic rings. The Labute approximate surface area is 105 Å². The number of rotatable bonds is 4. The molecular formula is C10H9BrN2O2S. The lowest BCUT2D eigenvalue weighted by molar-refractivity contribution is -0.116. The summed E-state index contributed by atoms with van der Waals surface area (Å²) in [6.45, 7) is 0. The Balaban J connectivity index is 1.81. The molecule has 0 aromatic carbocycles. The molecule has 0 fully saturated rings. The number of aryl methyl sites for hydroxylation is 1. The van der Waals surface area contributed by atoms with Gasteiger partial charge in [0.05, 0.1) is 16.2 Å². The summed E-state index contributed by atoms with van der Waals surface area (Å²) in [5.74, 6) is 0.758. The summed E-state index contributed by atoms with van der Waals surface area (Å²) >= 11 is 4.67. The number of hydrogen-bond donors (Lipinski definition) is 1. The van der Waals surface area contributed by atoms with Crippen LogP contribution in [0.4, 0.5) is 5.13 Å². The summed E-state index contributed by atoms with van der Waals surface area (Å²) in [5.41, 5.74) is 0. The number of furan rings is 1. The second-order valence-electron chi connectivity index (χ2n) is 3.10. The lowest BCUT2D eigenvalue weighted by Gasteiger charge is -1.99. The molecular weight excluding hydrogens is 292 g/mol. The van der Waals surface area contributed by atoms with Crippen molar-refractivity contribution in [3.05, 3.63) is 34.1 Å². The molecule has 2 aromatic heterocycles. The molecule has 2 aromatic rings. The Morgan fingerprint density at radius 1 is 1.62 bits per heavy atom. The van der Waals surface area contributed by atoms with Crippen LogP contribution in [-0.2, 0) is 11.2 Å². The second kappa shape index (κ2) is 5.27. The standard InChI is InChI=1S/C10H9BrN2O2S/c11-8-6-12-10(16-8)13-9(14)4-3-7-2-1-5-15-7/h1-2,5-6H,3-4H2,(H,12,13,14). The van der Waals surface area contributed by atoms with Crippen LogP contribution in [0, 0.1) is 0 Å². The molecule has 1 amide bonds. The van der Waals surface area contributed by atoms with Crippen LogP contribution in [0.1, 0.15) is 12.2 Å². The van der Waals surface area contributed by atoms with Crippen molar-refractivity contribution >= 4 is 38.3 Å². The van der Waals surface area contributed by atoms with Crippen molar-refractivity contribution in [2.45, 2.75) is 12.8 Å². The van der Waals surface area contributed by atoms with Crippen LogP contribution < -0.4 is 5.32 Å². The van der Waals surface area contributed by atoms with Crippen LogP contribution in [-0.4, -0.2) is 10.9 Å². The first-order chi connectivity index (χ1) is 7.74. The van der Waals surface area contributed by atoms with Crippen molar-refractivity contribution in [3.8, 4) is 0 Å². The zero-order chi connectivity index (χ0) is 11.4. The van der Waals surface area contributed by atoms with Crippen molar-refractivity contribution in [3.63, 3.8) is 0 Å². The summed E-state index contributed by atoms with van der Waals surface area (Å²) in [6.07, 6.45) is 4.26. The van der Waals surface area contributed by atoms with Gasteiger partial charge in [0.25, 0.3) is 0 Å². The number of nitrogens with zero attached hydrogens (tertiary/aromatic N) is 1. The maximum atomic E-state index is 11.5. The summed E-state index contributed by atoms with van der Waals surface area (Å²) in [5, 5.41) is 3.33. The van der Waals surface area contributed by atoms with Crippen LogP contribution in [0.5, 0.6) is 0 Å². The third-order valence-corrected chi connectivity index (χ3v) is 3.29. The Morgan fingerprint density at radius 2 is 2.50 bits per heavy atom. The van der Waals surface area contributed by atoms with Gasteiger partial charge in [-0.1, -0.05) is 11.3 Å². The Morgan fingerprint density at radius 3 is 3.12 bits per heavy atom. The molecule has 0 bridgehead atoms. The topological polar surface area (TPSA) is 55.1 Å². The van der Waals surface area contributed by atoms with Crippen LogP contribution in [0.15, 0.2) is 32.8 Å². The molecule has 0 atom stereocenters. The number of thiazole rings is 1. The van der Waals surface area contributed by atoms with E-state index in [1.54, 1.807) is 12.5 Å². The van der Waals surface area contributed by atoms with E-state index in [9.17, 15) is 4.79 Å². The normalized spacial score (nSPS) is 10.3. The van der Waals surface area contributed by atoms with Crippen LogP contribution in [0.3, 0.4) is 0 Å². The van der Waals surface area contributed by atoms with E-state index in [0.29, 0.717) is 18.0 Å². The summed E-state index contributed by atoms with van der Waals surface area (Å²) < 4.78 is 6.03. The fourth-order valence-electron chi connectivity index (χ4n) is 1.19. The van der Waals surface area contributed by atoms with Gasteiger partial charge in [-0.05, 0) is 28.1 Å². The number of aromatic nitrogens is 1. The maximum Gasteiger partial charge on any atom is 0.226 e. The van der Waals surface area contributed by atoms with Crippen molar-refractivity contribution in [1.29, 1.82) is 0 Å². The van der Waals surface area contributed by atoms with Crippen LogP contribution >= 0.6 is 27.3 Å². The first-order valence-electron chi connectivity index (χ1n) is 4.67. The van der Waals surface area contributed by atoms with Gasteiger partial charge in [-0.25, -0.2) is 4.98 Å². The van der Waals surface area contributed by atoms with E-state index in [1.165, 1.54) is 11.3 Å². The lowest BCUT2D eigenvalue weighted by atomic mass is 10.2. The minimum Gasteiger partial charge on any atom is -0.469 e. The lowest BCUT2D eigenvalue weighted by Crippen LogP contribution is -2.11. The van der Waals surface area contributed by atoms with E-state index >= 15 is 0 Å². The smallest absolute Gasteiger partial charge is 0.226 e. The summed E-state index contributed by atoms with van der Waals surface area (Å²) in [4.78, 5) is 15.5. The monoisotopic (exact) mass is 300 g/mol. The Hall–Kier alpha value is -1.14. The molecule has 16 heavy (non-hydrogen) atoms. The second-order valence-corrected chi connectivity index (χ2v) is 5.51. The molecule has 0 spiro atoms. The number of halogens is 1. The maximum absolute atomic E-state index is 11.5. The highest BCUT2D eigenvalue weighted by Gasteiger charge is 2.06. The van der Waals surface area contributed by atoms with Gasteiger partial charge in [-0.2, -0.15) is 0 Å². The number of nitrogens with one attached hydrogen (secondary N) is 1. The van der Waals surface area contributed by atoms with E-state index < -0.39 is 0 Å². The first kappa shape index (κ1) is 11.3. The van der Waals surface area contributed by atoms with Crippen molar-refractivity contribution in [2.24, 2.45) is 0 Å². The average molecular weight is 301 g/mol. The predicted molar refractivity (Wildman–Crippen MR) is 65.5 cm³/mol. The minimum absolute atomic E-state index is 0.0572. The van der Waals surface area contributed by atoms with E-state index in [-0.39, 0.29) is 5.91 Å². The number of amides is 1. The molecule has 2 heterocycles. The zero-order valence-corrected chi connectivity index (χ0v) is 10.7. The van der Waals surface area contributed by atoms with Crippen LogP contribution in [0.25, 0.3) is 0 Å². The molecule has 0 saturated heterocycles. The number of anilines is 1. The molecule has 6 heteroatoms. The molecule has 0 aliphatic heterocycles. The zero-order valence-electron chi connectivity index (χ0n) is 8.27. The van der Waals surface area contributed by atoms with Gasteiger partial charge in [-0.3, -0.25) is 4.79 Å². The van der Waals surface area contributed by atoms with E-state index in [0.717, 1.165) is 9.55 Å². The van der Waals surface area contributed by atoms with Gasteiger partial charge in [0.1, 0.15) is 5.76 Å². The molecule has 4 nitrogen and oxygen atoms in total. The quantitative estimate of drug-likeness (QED) is 0.944. The van der Waals surface area contributed by atoms with Gasteiger partial charge < -0.3 is 9.73 Å². The largest absolute Gasteiger partial charge is 0.469 e. The molecule has 2 rings (SSSR count). The minimum atomic E-state index is -0.0572. The van der Waals surface area contributed by atoms with E-state index in [1.807, 2.05) is 12.1 Å². The molecule has 1 N–H and O–H groups in total. The van der Waals surface area contributed by atoms with Crippen molar-refractivity contribution in [1.82, 2.24) is 4.98 Å². The van der Waals surface area contributed by atoms with Crippen LogP contribution in [0.2, 0.25) is 0 Å². The first-order valence-corrected chi connectivity index (χ1v) is 6.28. The molecule has 84 valence electrons. The molecule has 0 unspecified atom stereocenters. The van der Waals surface area contributed by atoms with Crippen molar-refractivity contribution < 1.29 is 9.21 Å². The average Bonchev–Trinajstić information content (AvgIpc) is 2.87. The predicted octanol–water partition coefficient (Wildman–Crippen LogP) is 3.07. The summed E-state index contributed by atoms with van der Waals surface area (Å²) in [6, 6.07) is 3.67. The highest BCUT2D eigenvalue weighted by atomic mass is 79.9. The Kier molecular flexibility index (Phi) is 3.74. The van der Waals surface area contributed by atoms with Gasteiger partial charge in [0.15, 0.2) is 5.13 Å². The fourth-order valence-corrected chi connectivity index (χ4v) is 2.31. The third kappa shape index (κ3) is 3.18. The van der Waals surface area contributed by atoms with E-state index in [2.05, 4.69) is 26.2 Å².